The van der Waals surface area contributed by atoms with E-state index in [0.717, 1.165) is 11.6 Å². The van der Waals surface area contributed by atoms with Crippen LogP contribution in [0.4, 0.5) is 0 Å². The van der Waals surface area contributed by atoms with Gasteiger partial charge in [0.25, 0.3) is 0 Å². The van der Waals surface area contributed by atoms with Gasteiger partial charge in [-0.1, -0.05) is 29.8 Å². The largest absolute Gasteiger partial charge is 0.289 e. The van der Waals surface area contributed by atoms with Gasteiger partial charge in [-0.3, -0.25) is 4.90 Å². The smallest absolute Gasteiger partial charge is 0.0456 e. The van der Waals surface area contributed by atoms with Gasteiger partial charge >= 0.3 is 0 Å². The molecule has 1 aromatic carbocycles. The number of hydrogen-bond donors (Lipinski definition) is 0. The summed E-state index contributed by atoms with van der Waals surface area (Å²) in [6.45, 7) is 10.3. The molecule has 0 radical (unpaired) electrons. The molecule has 0 amide bonds. The molecule has 17 heavy (non-hydrogen) atoms. The van der Waals surface area contributed by atoms with E-state index in [-0.39, 0.29) is 11.1 Å². The Morgan fingerprint density at radius 1 is 1.24 bits per heavy atom. The van der Waals surface area contributed by atoms with Gasteiger partial charge in [-0.05, 0) is 58.7 Å². The molecule has 0 aromatic heterocycles. The third-order valence-corrected chi connectivity index (χ3v) is 4.23. The lowest BCUT2D eigenvalue weighted by Gasteiger charge is -2.45. The van der Waals surface area contributed by atoms with E-state index >= 15 is 0 Å². The predicted octanol–water partition coefficient (Wildman–Crippen LogP) is 4.45. The van der Waals surface area contributed by atoms with Gasteiger partial charge in [0.15, 0.2) is 0 Å². The highest BCUT2D eigenvalue weighted by atomic mass is 35.5. The Hall–Kier alpha value is -0.530. The molecular formula is C15H22ClN. The average molecular weight is 252 g/mol. The van der Waals surface area contributed by atoms with Gasteiger partial charge in [0.05, 0.1) is 0 Å². The van der Waals surface area contributed by atoms with Gasteiger partial charge in [0.2, 0.25) is 0 Å². The Labute approximate surface area is 110 Å². The second-order valence-corrected chi connectivity index (χ2v) is 6.59. The molecule has 1 atom stereocenters. The molecule has 0 aliphatic carbocycles. The highest BCUT2D eigenvalue weighted by Crippen LogP contribution is 2.44. The van der Waals surface area contributed by atoms with Crippen LogP contribution < -0.4 is 0 Å². The van der Waals surface area contributed by atoms with Crippen molar-refractivity contribution in [3.05, 3.63) is 34.9 Å². The lowest BCUT2D eigenvalue weighted by Crippen LogP contribution is -2.49. The third kappa shape index (κ3) is 2.23. The van der Waals surface area contributed by atoms with Gasteiger partial charge in [-0.15, -0.1) is 0 Å². The topological polar surface area (TPSA) is 3.24 Å². The van der Waals surface area contributed by atoms with Crippen LogP contribution in [-0.4, -0.2) is 17.0 Å². The molecule has 0 spiro atoms. The molecule has 1 saturated heterocycles. The first-order valence-corrected chi connectivity index (χ1v) is 6.76. The molecule has 94 valence electrons. The van der Waals surface area contributed by atoms with E-state index in [1.54, 1.807) is 0 Å². The Kier molecular flexibility index (Phi) is 3.26. The minimum Gasteiger partial charge on any atom is -0.289 e. The maximum absolute atomic E-state index is 6.38. The van der Waals surface area contributed by atoms with Crippen molar-refractivity contribution in [2.45, 2.75) is 51.6 Å². The Morgan fingerprint density at radius 3 is 2.47 bits per heavy atom. The summed E-state index contributed by atoms with van der Waals surface area (Å²) in [7, 11) is 0. The van der Waals surface area contributed by atoms with Gasteiger partial charge in [-0.2, -0.15) is 0 Å². The van der Waals surface area contributed by atoms with Gasteiger partial charge < -0.3 is 0 Å². The molecule has 0 saturated carbocycles. The number of nitrogens with zero attached hydrogens (tertiary/aromatic N) is 1. The molecular weight excluding hydrogens is 230 g/mol. The fraction of sp³-hybridized carbons (Fsp3) is 0.600. The van der Waals surface area contributed by atoms with Crippen LogP contribution in [0.25, 0.3) is 0 Å². The lowest BCUT2D eigenvalue weighted by atomic mass is 9.86. The molecule has 1 aliphatic heterocycles. The van der Waals surface area contributed by atoms with Crippen molar-refractivity contribution in [1.29, 1.82) is 0 Å². The van der Waals surface area contributed by atoms with E-state index in [4.69, 9.17) is 11.6 Å². The van der Waals surface area contributed by atoms with Gasteiger partial charge in [0, 0.05) is 16.1 Å². The van der Waals surface area contributed by atoms with E-state index in [2.05, 4.69) is 44.7 Å². The first kappa shape index (κ1) is 12.9. The van der Waals surface area contributed by atoms with Gasteiger partial charge in [-0.25, -0.2) is 0 Å². The zero-order valence-corrected chi connectivity index (χ0v) is 12.0. The summed E-state index contributed by atoms with van der Waals surface area (Å²) in [6, 6.07) is 8.27. The summed E-state index contributed by atoms with van der Waals surface area (Å²) in [5.41, 5.74) is 1.54. The minimum absolute atomic E-state index is 0.0800. The van der Waals surface area contributed by atoms with Crippen LogP contribution in [0, 0.1) is 0 Å². The Morgan fingerprint density at radius 2 is 1.88 bits per heavy atom. The lowest BCUT2D eigenvalue weighted by molar-refractivity contribution is 0.0535. The minimum atomic E-state index is 0.0800. The number of benzene rings is 1. The van der Waals surface area contributed by atoms with E-state index in [1.165, 1.54) is 18.4 Å². The number of hydrogen-bond acceptors (Lipinski definition) is 1. The summed E-state index contributed by atoms with van der Waals surface area (Å²) < 4.78 is 0. The number of rotatable bonds is 1. The van der Waals surface area contributed by atoms with Crippen LogP contribution in [-0.2, 0) is 5.54 Å². The molecule has 1 unspecified atom stereocenters. The molecule has 0 N–H and O–H groups in total. The van der Waals surface area contributed by atoms with E-state index in [1.807, 2.05) is 12.1 Å². The highest BCUT2D eigenvalue weighted by molar-refractivity contribution is 6.31. The maximum atomic E-state index is 6.38. The van der Waals surface area contributed by atoms with Crippen molar-refractivity contribution in [3.8, 4) is 0 Å². The second-order valence-electron chi connectivity index (χ2n) is 6.18. The molecule has 1 heterocycles. The third-order valence-electron chi connectivity index (χ3n) is 3.90. The number of halogens is 1. The van der Waals surface area contributed by atoms with Crippen LogP contribution in [0.3, 0.4) is 0 Å². The van der Waals surface area contributed by atoms with Crippen LogP contribution in [0.15, 0.2) is 24.3 Å². The van der Waals surface area contributed by atoms with E-state index < -0.39 is 0 Å². The normalized spacial score (nSPS) is 26.4. The molecule has 1 fully saturated rings. The van der Waals surface area contributed by atoms with Crippen LogP contribution in [0.5, 0.6) is 0 Å². The Balaban J connectivity index is 2.45. The quantitative estimate of drug-likeness (QED) is 0.713. The average Bonchev–Trinajstić information content (AvgIpc) is 2.61. The molecule has 1 nitrogen and oxygen atoms in total. The monoisotopic (exact) mass is 251 g/mol. The zero-order valence-electron chi connectivity index (χ0n) is 11.3. The maximum Gasteiger partial charge on any atom is 0.0456 e. The summed E-state index contributed by atoms with van der Waals surface area (Å²) >= 11 is 6.38. The van der Waals surface area contributed by atoms with Crippen LogP contribution >= 0.6 is 11.6 Å². The van der Waals surface area contributed by atoms with Crippen LogP contribution in [0.1, 0.15) is 46.1 Å². The van der Waals surface area contributed by atoms with Crippen molar-refractivity contribution in [2.24, 2.45) is 0 Å². The van der Waals surface area contributed by atoms with E-state index in [0.29, 0.717) is 0 Å². The number of likely N-dealkylation sites (tertiary alicyclic amines) is 1. The van der Waals surface area contributed by atoms with Crippen molar-refractivity contribution in [1.82, 2.24) is 4.90 Å². The van der Waals surface area contributed by atoms with Crippen molar-refractivity contribution < 1.29 is 0 Å². The summed E-state index contributed by atoms with van der Waals surface area (Å²) in [4.78, 5) is 2.58. The zero-order chi connectivity index (χ0) is 12.7. The summed E-state index contributed by atoms with van der Waals surface area (Å²) in [6.07, 6.45) is 2.44. The molecule has 2 heteroatoms. The second kappa shape index (κ2) is 4.29. The van der Waals surface area contributed by atoms with E-state index in [9.17, 15) is 0 Å². The van der Waals surface area contributed by atoms with Crippen LogP contribution in [0.2, 0.25) is 5.02 Å². The molecule has 2 rings (SSSR count). The summed E-state index contributed by atoms with van der Waals surface area (Å²) in [5.74, 6) is 0. The molecule has 1 aliphatic rings. The summed E-state index contributed by atoms with van der Waals surface area (Å²) in [5, 5.41) is 0.895. The predicted molar refractivity (Wildman–Crippen MR) is 74.5 cm³/mol. The first-order valence-electron chi connectivity index (χ1n) is 6.38. The fourth-order valence-electron chi connectivity index (χ4n) is 3.22. The first-order chi connectivity index (χ1) is 7.86. The molecule has 1 aromatic rings. The molecule has 0 bridgehead atoms. The standard InChI is InChI=1S/C15H22ClN/c1-14(2,3)17-11-7-10-15(17,4)12-8-5-6-9-13(12)16/h5-6,8-9H,7,10-11H2,1-4H3. The van der Waals surface area contributed by atoms with Crippen molar-refractivity contribution >= 4 is 11.6 Å². The van der Waals surface area contributed by atoms with Gasteiger partial charge in [0.1, 0.15) is 0 Å². The fourth-order valence-corrected chi connectivity index (χ4v) is 3.56. The highest BCUT2D eigenvalue weighted by Gasteiger charge is 2.44. The SMILES string of the molecule is CC(C)(C)N1CCCC1(C)c1ccccc1Cl. The van der Waals surface area contributed by atoms with Crippen molar-refractivity contribution in [2.75, 3.05) is 6.54 Å². The van der Waals surface area contributed by atoms with Crippen molar-refractivity contribution in [3.63, 3.8) is 0 Å². The Bertz CT molecular complexity index is 408.